The molecule has 6 nitrogen and oxygen atoms in total. The molecule has 0 aliphatic heterocycles. The highest BCUT2D eigenvalue weighted by atomic mass is 16.7. The molecular weight excluding hydrogens is 384 g/mol. The van der Waals surface area contributed by atoms with Crippen molar-refractivity contribution >= 4 is 12.3 Å². The lowest BCUT2D eigenvalue weighted by Crippen LogP contribution is -2.18. The van der Waals surface area contributed by atoms with Gasteiger partial charge >= 0.3 is 12.3 Å². The number of ether oxygens (including phenoxy) is 4. The van der Waals surface area contributed by atoms with Gasteiger partial charge in [0.15, 0.2) is 11.5 Å². The average molecular weight is 406 g/mol. The molecule has 0 amide bonds. The number of para-hydroxylation sites is 2. The van der Waals surface area contributed by atoms with E-state index in [2.05, 4.69) is 0 Å². The average Bonchev–Trinajstić information content (AvgIpc) is 2.70. The summed E-state index contributed by atoms with van der Waals surface area (Å²) < 4.78 is 20.9. The third kappa shape index (κ3) is 5.85. The monoisotopic (exact) mass is 406 g/mol. The van der Waals surface area contributed by atoms with Gasteiger partial charge in [0.1, 0.15) is 11.5 Å². The fourth-order valence-electron chi connectivity index (χ4n) is 2.53. The van der Waals surface area contributed by atoms with Crippen LogP contribution in [0.5, 0.6) is 23.0 Å². The molecule has 6 heteroatoms. The molecule has 0 unspecified atom stereocenters. The largest absolute Gasteiger partial charge is 0.519 e. The highest BCUT2D eigenvalue weighted by molar-refractivity contribution is 5.72. The van der Waals surface area contributed by atoms with Gasteiger partial charge in [-0.25, -0.2) is 9.59 Å². The Morgan fingerprint density at radius 3 is 1.53 bits per heavy atom. The van der Waals surface area contributed by atoms with Crippen LogP contribution in [0.2, 0.25) is 0 Å². The van der Waals surface area contributed by atoms with Gasteiger partial charge in [0.25, 0.3) is 0 Å². The van der Waals surface area contributed by atoms with Crippen molar-refractivity contribution in [2.75, 3.05) is 0 Å². The maximum absolute atomic E-state index is 12.3. The summed E-state index contributed by atoms with van der Waals surface area (Å²) in [5.74, 6) is 0.752. The van der Waals surface area contributed by atoms with Crippen LogP contribution in [0.25, 0.3) is 0 Å². The maximum Gasteiger partial charge on any atom is 0.519 e. The first-order valence-corrected chi connectivity index (χ1v) is 9.35. The Morgan fingerprint density at radius 1 is 0.600 bits per heavy atom. The third-order valence-corrected chi connectivity index (χ3v) is 4.09. The third-order valence-electron chi connectivity index (χ3n) is 4.09. The second-order valence-corrected chi connectivity index (χ2v) is 7.45. The second kappa shape index (κ2) is 9.13. The lowest BCUT2D eigenvalue weighted by atomic mass is 9.87. The van der Waals surface area contributed by atoms with Crippen molar-refractivity contribution in [3.8, 4) is 23.0 Å². The molecule has 0 spiro atoms. The molecule has 0 saturated heterocycles. The zero-order chi connectivity index (χ0) is 21.6. The zero-order valence-electron chi connectivity index (χ0n) is 17.0. The minimum atomic E-state index is -0.953. The fraction of sp³-hybridized carbons (Fsp3) is 0.167. The van der Waals surface area contributed by atoms with Gasteiger partial charge in [-0.1, -0.05) is 63.2 Å². The number of hydrogen-bond acceptors (Lipinski definition) is 6. The van der Waals surface area contributed by atoms with E-state index in [1.807, 2.05) is 20.8 Å². The fourth-order valence-corrected chi connectivity index (χ4v) is 2.53. The number of rotatable bonds is 4. The predicted molar refractivity (Wildman–Crippen MR) is 111 cm³/mol. The van der Waals surface area contributed by atoms with Crippen molar-refractivity contribution in [2.24, 2.45) is 0 Å². The van der Waals surface area contributed by atoms with Crippen molar-refractivity contribution in [3.63, 3.8) is 0 Å². The normalized spacial score (nSPS) is 10.8. The van der Waals surface area contributed by atoms with E-state index in [4.69, 9.17) is 18.9 Å². The second-order valence-electron chi connectivity index (χ2n) is 7.45. The van der Waals surface area contributed by atoms with Crippen LogP contribution in [0, 0.1) is 0 Å². The van der Waals surface area contributed by atoms with Crippen molar-refractivity contribution < 1.29 is 28.5 Å². The van der Waals surface area contributed by atoms with Crippen LogP contribution >= 0.6 is 0 Å². The molecule has 0 saturated carbocycles. The van der Waals surface area contributed by atoms with Crippen LogP contribution in [0.4, 0.5) is 9.59 Å². The van der Waals surface area contributed by atoms with E-state index in [1.165, 1.54) is 0 Å². The van der Waals surface area contributed by atoms with Crippen LogP contribution in [0.1, 0.15) is 26.3 Å². The van der Waals surface area contributed by atoms with Gasteiger partial charge in [-0.3, -0.25) is 0 Å². The molecule has 0 radical (unpaired) electrons. The van der Waals surface area contributed by atoms with E-state index in [-0.39, 0.29) is 16.9 Å². The quantitative estimate of drug-likeness (QED) is 0.383. The van der Waals surface area contributed by atoms with Gasteiger partial charge in [-0.05, 0) is 47.4 Å². The minimum Gasteiger partial charge on any atom is -0.395 e. The standard InChI is InChI=1S/C24H22O6/c1-24(2,3)17-14-15-20(29-22(25)27-18-10-6-4-7-11-18)21(16-17)30-23(26)28-19-12-8-5-9-13-19/h4-16H,1-3H3. The van der Waals surface area contributed by atoms with Gasteiger partial charge in [-0.15, -0.1) is 0 Å². The lowest BCUT2D eigenvalue weighted by Gasteiger charge is -2.20. The molecular formula is C24H22O6. The van der Waals surface area contributed by atoms with E-state index in [1.54, 1.807) is 78.9 Å². The Bertz CT molecular complexity index is 1010. The summed E-state index contributed by atoms with van der Waals surface area (Å²) in [5, 5.41) is 0. The molecule has 0 N–H and O–H groups in total. The number of hydrogen-bond donors (Lipinski definition) is 0. The Balaban J connectivity index is 1.79. The van der Waals surface area contributed by atoms with Crippen molar-refractivity contribution in [2.45, 2.75) is 26.2 Å². The highest BCUT2D eigenvalue weighted by Gasteiger charge is 2.21. The van der Waals surface area contributed by atoms with Crippen LogP contribution in [-0.2, 0) is 5.41 Å². The summed E-state index contributed by atoms with van der Waals surface area (Å²) in [6.07, 6.45) is -1.90. The van der Waals surface area contributed by atoms with Gasteiger partial charge in [0.2, 0.25) is 0 Å². The van der Waals surface area contributed by atoms with E-state index >= 15 is 0 Å². The van der Waals surface area contributed by atoms with Crippen molar-refractivity contribution in [1.82, 2.24) is 0 Å². The Labute approximate surface area is 175 Å². The minimum absolute atomic E-state index is 0.0361. The Morgan fingerprint density at radius 2 is 1.07 bits per heavy atom. The molecule has 3 aromatic carbocycles. The van der Waals surface area contributed by atoms with Crippen molar-refractivity contribution in [1.29, 1.82) is 0 Å². The van der Waals surface area contributed by atoms with E-state index in [0.717, 1.165) is 5.56 Å². The van der Waals surface area contributed by atoms with Crippen LogP contribution < -0.4 is 18.9 Å². The molecule has 3 aromatic rings. The molecule has 0 aromatic heterocycles. The number of carbonyl (C=O) groups excluding carboxylic acids is 2. The van der Waals surface area contributed by atoms with Gasteiger partial charge in [0, 0.05) is 0 Å². The maximum atomic E-state index is 12.3. The SMILES string of the molecule is CC(C)(C)c1ccc(OC(=O)Oc2ccccc2)c(OC(=O)Oc2ccccc2)c1. The molecule has 0 heterocycles. The zero-order valence-corrected chi connectivity index (χ0v) is 17.0. The summed E-state index contributed by atoms with van der Waals surface area (Å²) in [4.78, 5) is 24.4. The smallest absolute Gasteiger partial charge is 0.395 e. The molecule has 154 valence electrons. The molecule has 3 rings (SSSR count). The van der Waals surface area contributed by atoms with E-state index in [9.17, 15) is 9.59 Å². The molecule has 0 fully saturated rings. The molecule has 30 heavy (non-hydrogen) atoms. The summed E-state index contributed by atoms with van der Waals surface area (Å²) in [5.41, 5.74) is 0.665. The molecule has 0 bridgehead atoms. The molecule has 0 aliphatic carbocycles. The highest BCUT2D eigenvalue weighted by Crippen LogP contribution is 2.34. The topological polar surface area (TPSA) is 71.1 Å². The predicted octanol–water partition coefficient (Wildman–Crippen LogP) is 6.14. The lowest BCUT2D eigenvalue weighted by molar-refractivity contribution is 0.140. The summed E-state index contributed by atoms with van der Waals surface area (Å²) in [7, 11) is 0. The summed E-state index contributed by atoms with van der Waals surface area (Å²) in [6, 6.07) is 22.0. The first-order chi connectivity index (χ1) is 14.3. The number of benzene rings is 3. The molecule has 0 atom stereocenters. The van der Waals surface area contributed by atoms with E-state index < -0.39 is 12.3 Å². The first-order valence-electron chi connectivity index (χ1n) is 9.35. The summed E-state index contributed by atoms with van der Waals surface area (Å²) in [6.45, 7) is 6.04. The van der Waals surface area contributed by atoms with Gasteiger partial charge in [-0.2, -0.15) is 0 Å². The Hall–Kier alpha value is -3.80. The van der Waals surface area contributed by atoms with Crippen molar-refractivity contribution in [3.05, 3.63) is 84.4 Å². The van der Waals surface area contributed by atoms with Gasteiger partial charge < -0.3 is 18.9 Å². The Kier molecular flexibility index (Phi) is 6.37. The van der Waals surface area contributed by atoms with Crippen LogP contribution in [0.15, 0.2) is 78.9 Å². The van der Waals surface area contributed by atoms with Gasteiger partial charge in [0.05, 0.1) is 0 Å². The molecule has 0 aliphatic rings. The number of carbonyl (C=O) groups is 2. The first kappa shape index (κ1) is 20.9. The van der Waals surface area contributed by atoms with Crippen LogP contribution in [0.3, 0.4) is 0 Å². The summed E-state index contributed by atoms with van der Waals surface area (Å²) >= 11 is 0. The van der Waals surface area contributed by atoms with Crippen LogP contribution in [-0.4, -0.2) is 12.3 Å². The van der Waals surface area contributed by atoms with E-state index in [0.29, 0.717) is 11.5 Å².